The molecule has 1 fully saturated rings. The molecule has 1 aromatic carbocycles. The first kappa shape index (κ1) is 13.7. The summed E-state index contributed by atoms with van der Waals surface area (Å²) < 4.78 is 5.53. The maximum Gasteiger partial charge on any atom is 0.0492 e. The van der Waals surface area contributed by atoms with Crippen LogP contribution in [0.2, 0.25) is 0 Å². The minimum Gasteiger partial charge on any atom is -0.381 e. The van der Waals surface area contributed by atoms with E-state index in [0.29, 0.717) is 12.5 Å². The van der Waals surface area contributed by atoms with Gasteiger partial charge in [0.05, 0.1) is 0 Å². The molecule has 1 aliphatic rings. The lowest BCUT2D eigenvalue weighted by Crippen LogP contribution is -2.40. The second kappa shape index (κ2) is 5.23. The summed E-state index contributed by atoms with van der Waals surface area (Å²) in [6.07, 6.45) is 4.21. The molecule has 1 aliphatic heterocycles. The number of H-pyrrole nitrogens is 1. The molecule has 1 saturated heterocycles. The van der Waals surface area contributed by atoms with Gasteiger partial charge >= 0.3 is 0 Å². The highest BCUT2D eigenvalue weighted by Gasteiger charge is 2.35. The first-order chi connectivity index (χ1) is 9.68. The summed E-state index contributed by atoms with van der Waals surface area (Å²) in [6, 6.07) is 6.60. The standard InChI is InChI=1S/C17H24N2O/c1-12(2)13-4-3-5-14-15(10-19-16(13)14)17(11-18)6-8-20-9-7-17/h3-5,10,12,19H,6-9,11,18H2,1-2H3. The van der Waals surface area contributed by atoms with E-state index in [2.05, 4.69) is 43.2 Å². The number of hydrogen-bond acceptors (Lipinski definition) is 2. The van der Waals surface area contributed by atoms with Gasteiger partial charge in [-0.2, -0.15) is 0 Å². The third-order valence-electron chi connectivity index (χ3n) is 4.78. The van der Waals surface area contributed by atoms with E-state index in [-0.39, 0.29) is 5.41 Å². The number of para-hydroxylation sites is 1. The van der Waals surface area contributed by atoms with Crippen molar-refractivity contribution < 1.29 is 4.74 Å². The predicted octanol–water partition coefficient (Wildman–Crippen LogP) is 3.30. The van der Waals surface area contributed by atoms with Gasteiger partial charge < -0.3 is 15.5 Å². The summed E-state index contributed by atoms with van der Waals surface area (Å²) in [7, 11) is 0. The smallest absolute Gasteiger partial charge is 0.0492 e. The zero-order chi connectivity index (χ0) is 14.2. The molecule has 0 bridgehead atoms. The second-order valence-electron chi connectivity index (χ2n) is 6.22. The molecule has 3 N–H and O–H groups in total. The average Bonchev–Trinajstić information content (AvgIpc) is 2.92. The van der Waals surface area contributed by atoms with Gasteiger partial charge in [0.15, 0.2) is 0 Å². The fourth-order valence-corrected chi connectivity index (χ4v) is 3.44. The van der Waals surface area contributed by atoms with Crippen molar-refractivity contribution in [3.63, 3.8) is 0 Å². The zero-order valence-electron chi connectivity index (χ0n) is 12.4. The first-order valence-corrected chi connectivity index (χ1v) is 7.56. The van der Waals surface area contributed by atoms with Crippen LogP contribution in [0, 0.1) is 0 Å². The van der Waals surface area contributed by atoms with Crippen LogP contribution < -0.4 is 5.73 Å². The van der Waals surface area contributed by atoms with Gasteiger partial charge in [-0.05, 0) is 29.9 Å². The van der Waals surface area contributed by atoms with E-state index in [1.807, 2.05) is 0 Å². The number of rotatable bonds is 3. The Bertz CT molecular complexity index is 594. The average molecular weight is 272 g/mol. The molecule has 0 amide bonds. The molecule has 0 radical (unpaired) electrons. The molecule has 0 aliphatic carbocycles. The van der Waals surface area contributed by atoms with E-state index in [4.69, 9.17) is 10.5 Å². The Morgan fingerprint density at radius 2 is 2.05 bits per heavy atom. The van der Waals surface area contributed by atoms with Crippen molar-refractivity contribution in [2.45, 2.75) is 38.0 Å². The number of nitrogens with one attached hydrogen (secondary N) is 1. The van der Waals surface area contributed by atoms with E-state index in [1.54, 1.807) is 0 Å². The number of nitrogens with two attached hydrogens (primary N) is 1. The summed E-state index contributed by atoms with van der Waals surface area (Å²) >= 11 is 0. The lowest BCUT2D eigenvalue weighted by molar-refractivity contribution is 0.0534. The lowest BCUT2D eigenvalue weighted by Gasteiger charge is -2.36. The Morgan fingerprint density at radius 1 is 1.30 bits per heavy atom. The molecule has 108 valence electrons. The molecule has 0 atom stereocenters. The molecule has 1 aromatic heterocycles. The van der Waals surface area contributed by atoms with Crippen molar-refractivity contribution >= 4 is 10.9 Å². The van der Waals surface area contributed by atoms with Crippen LogP contribution in [-0.4, -0.2) is 24.7 Å². The zero-order valence-corrected chi connectivity index (χ0v) is 12.4. The van der Waals surface area contributed by atoms with E-state index < -0.39 is 0 Å². The molecular weight excluding hydrogens is 248 g/mol. The lowest BCUT2D eigenvalue weighted by atomic mass is 9.74. The van der Waals surface area contributed by atoms with Crippen molar-refractivity contribution in [3.05, 3.63) is 35.5 Å². The predicted molar refractivity (Wildman–Crippen MR) is 83.2 cm³/mol. The van der Waals surface area contributed by atoms with Crippen LogP contribution in [0.4, 0.5) is 0 Å². The van der Waals surface area contributed by atoms with Gasteiger partial charge in [0.2, 0.25) is 0 Å². The number of benzene rings is 1. The maximum atomic E-state index is 6.15. The minimum absolute atomic E-state index is 0.0755. The van der Waals surface area contributed by atoms with Crippen molar-refractivity contribution in [1.82, 2.24) is 4.98 Å². The van der Waals surface area contributed by atoms with Crippen LogP contribution in [0.15, 0.2) is 24.4 Å². The van der Waals surface area contributed by atoms with Crippen molar-refractivity contribution in [2.75, 3.05) is 19.8 Å². The third kappa shape index (κ3) is 2.05. The van der Waals surface area contributed by atoms with E-state index >= 15 is 0 Å². The monoisotopic (exact) mass is 272 g/mol. The number of aromatic amines is 1. The summed E-state index contributed by atoms with van der Waals surface area (Å²) in [5.74, 6) is 0.522. The Labute approximate surface area is 120 Å². The molecule has 3 rings (SSSR count). The summed E-state index contributed by atoms with van der Waals surface area (Å²) in [5.41, 5.74) is 10.3. The highest BCUT2D eigenvalue weighted by Crippen LogP contribution is 2.39. The van der Waals surface area contributed by atoms with Crippen LogP contribution in [-0.2, 0) is 10.2 Å². The second-order valence-corrected chi connectivity index (χ2v) is 6.22. The molecule has 2 aromatic rings. The fourth-order valence-electron chi connectivity index (χ4n) is 3.44. The minimum atomic E-state index is 0.0755. The van der Waals surface area contributed by atoms with Gasteiger partial charge in [-0.1, -0.05) is 32.0 Å². The van der Waals surface area contributed by atoms with Gasteiger partial charge in [-0.25, -0.2) is 0 Å². The van der Waals surface area contributed by atoms with E-state index in [9.17, 15) is 0 Å². The normalized spacial score (nSPS) is 18.8. The van der Waals surface area contributed by atoms with E-state index in [1.165, 1.54) is 22.0 Å². The van der Waals surface area contributed by atoms with Gasteiger partial charge in [0.1, 0.15) is 0 Å². The highest BCUT2D eigenvalue weighted by molar-refractivity contribution is 5.87. The number of aromatic nitrogens is 1. The van der Waals surface area contributed by atoms with Crippen molar-refractivity contribution in [3.8, 4) is 0 Å². The molecule has 3 heteroatoms. The summed E-state index contributed by atoms with van der Waals surface area (Å²) in [6.45, 7) is 6.79. The van der Waals surface area contributed by atoms with Gasteiger partial charge in [0.25, 0.3) is 0 Å². The molecular formula is C17H24N2O. The van der Waals surface area contributed by atoms with Crippen LogP contribution in [0.1, 0.15) is 43.7 Å². The topological polar surface area (TPSA) is 51.0 Å². The van der Waals surface area contributed by atoms with Crippen LogP contribution >= 0.6 is 0 Å². The Morgan fingerprint density at radius 3 is 2.70 bits per heavy atom. The first-order valence-electron chi connectivity index (χ1n) is 7.56. The van der Waals surface area contributed by atoms with Crippen LogP contribution in [0.3, 0.4) is 0 Å². The summed E-state index contributed by atoms with van der Waals surface area (Å²) in [5, 5.41) is 1.34. The van der Waals surface area contributed by atoms with E-state index in [0.717, 1.165) is 26.1 Å². The summed E-state index contributed by atoms with van der Waals surface area (Å²) in [4.78, 5) is 3.50. The Hall–Kier alpha value is -1.32. The van der Waals surface area contributed by atoms with Gasteiger partial charge in [-0.3, -0.25) is 0 Å². The fraction of sp³-hybridized carbons (Fsp3) is 0.529. The maximum absolute atomic E-state index is 6.15. The molecule has 20 heavy (non-hydrogen) atoms. The number of ether oxygens (including phenoxy) is 1. The van der Waals surface area contributed by atoms with Crippen molar-refractivity contribution in [2.24, 2.45) is 5.73 Å². The Balaban J connectivity index is 2.14. The van der Waals surface area contributed by atoms with Crippen molar-refractivity contribution in [1.29, 1.82) is 0 Å². The highest BCUT2D eigenvalue weighted by atomic mass is 16.5. The molecule has 0 saturated carbocycles. The quantitative estimate of drug-likeness (QED) is 0.900. The third-order valence-corrected chi connectivity index (χ3v) is 4.78. The number of hydrogen-bond donors (Lipinski definition) is 2. The van der Waals surface area contributed by atoms with Crippen LogP contribution in [0.5, 0.6) is 0 Å². The van der Waals surface area contributed by atoms with Crippen LogP contribution in [0.25, 0.3) is 10.9 Å². The molecule has 2 heterocycles. The molecule has 3 nitrogen and oxygen atoms in total. The van der Waals surface area contributed by atoms with Gasteiger partial charge in [0, 0.05) is 42.3 Å². The largest absolute Gasteiger partial charge is 0.381 e. The van der Waals surface area contributed by atoms with Gasteiger partial charge in [-0.15, -0.1) is 0 Å². The molecule has 0 unspecified atom stereocenters. The SMILES string of the molecule is CC(C)c1cccc2c(C3(CN)CCOCC3)c[nH]c12. The number of fused-ring (bicyclic) bond motifs is 1. The molecule has 0 spiro atoms. The Kier molecular flexibility index (Phi) is 3.57.